The first-order chi connectivity index (χ1) is 16.4. The van der Waals surface area contributed by atoms with Crippen LogP contribution < -0.4 is 14.8 Å². The zero-order chi connectivity index (χ0) is 24.2. The number of benzene rings is 2. The molecule has 1 atom stereocenters. The predicted molar refractivity (Wildman–Crippen MR) is 134 cm³/mol. The quantitative estimate of drug-likeness (QED) is 0.372. The Balaban J connectivity index is 1.45. The van der Waals surface area contributed by atoms with Crippen LogP contribution in [0.1, 0.15) is 43.2 Å². The molecule has 1 heterocycles. The van der Waals surface area contributed by atoms with E-state index in [0.717, 1.165) is 43.0 Å². The molecule has 0 bridgehead atoms. The summed E-state index contributed by atoms with van der Waals surface area (Å²) < 4.78 is 32.8. The molecule has 1 aliphatic rings. The van der Waals surface area contributed by atoms with Crippen LogP contribution in [0, 0.1) is 5.92 Å². The summed E-state index contributed by atoms with van der Waals surface area (Å²) in [5.41, 5.74) is 1.42. The van der Waals surface area contributed by atoms with Gasteiger partial charge in [-0.1, -0.05) is 48.9 Å². The summed E-state index contributed by atoms with van der Waals surface area (Å²) in [6, 6.07) is 14.8. The second-order valence-corrected chi connectivity index (χ2v) is 10.3. The molecule has 0 unspecified atom stereocenters. The van der Waals surface area contributed by atoms with Crippen LogP contribution in [0.5, 0.6) is 5.75 Å². The third kappa shape index (κ3) is 9.29. The van der Waals surface area contributed by atoms with Crippen molar-refractivity contribution in [2.24, 2.45) is 5.92 Å². The van der Waals surface area contributed by atoms with E-state index in [0.29, 0.717) is 17.7 Å². The average molecular weight is 487 g/mol. The number of carbonyl (C=O) groups is 1. The zero-order valence-electron chi connectivity index (χ0n) is 19.4. The van der Waals surface area contributed by atoms with E-state index in [4.69, 9.17) is 4.74 Å². The number of unbranched alkanes of at least 4 members (excludes halogenated alkanes) is 1. The second-order valence-electron chi connectivity index (χ2n) is 8.65. The molecule has 184 valence electrons. The maximum atomic E-state index is 12.4. The molecule has 3 N–H and O–H groups in total. The molecule has 2 aromatic carbocycles. The Hall–Kier alpha value is -2.68. The molecule has 8 heteroatoms. The first-order valence-corrected chi connectivity index (χ1v) is 13.4. The van der Waals surface area contributed by atoms with Gasteiger partial charge in [-0.2, -0.15) is 4.72 Å². The minimum Gasteiger partial charge on any atom is -0.494 e. The van der Waals surface area contributed by atoms with E-state index in [1.807, 2.05) is 6.07 Å². The van der Waals surface area contributed by atoms with Crippen LogP contribution in [0.4, 0.5) is 0 Å². The molecule has 0 aromatic heterocycles. The Morgan fingerprint density at radius 2 is 1.79 bits per heavy atom. The van der Waals surface area contributed by atoms with Crippen LogP contribution >= 0.6 is 0 Å². The fourth-order valence-electron chi connectivity index (χ4n) is 4.00. The maximum Gasteiger partial charge on any atom is 0.322 e. The van der Waals surface area contributed by atoms with Gasteiger partial charge in [0.25, 0.3) is 0 Å². The number of ether oxygens (including phenoxy) is 1. The second kappa shape index (κ2) is 13.3. The highest BCUT2D eigenvalue weighted by atomic mass is 32.2. The van der Waals surface area contributed by atoms with Crippen molar-refractivity contribution < 1.29 is 23.1 Å². The van der Waals surface area contributed by atoms with Gasteiger partial charge in [0.2, 0.25) is 10.0 Å². The Morgan fingerprint density at radius 1 is 1.09 bits per heavy atom. The molecule has 3 rings (SSSR count). The van der Waals surface area contributed by atoms with Crippen molar-refractivity contribution in [3.8, 4) is 5.75 Å². The van der Waals surface area contributed by atoms with Gasteiger partial charge in [-0.25, -0.2) is 8.42 Å². The fourth-order valence-corrected chi connectivity index (χ4v) is 5.00. The SMILES string of the molecule is O=C(O)[C@H](Cc1ccc(OCCCCC2CCNCC2)cc1)NS(=O)(=O)/C=C/c1ccccc1. The zero-order valence-corrected chi connectivity index (χ0v) is 20.2. The summed E-state index contributed by atoms with van der Waals surface area (Å²) in [5.74, 6) is 0.323. The summed E-state index contributed by atoms with van der Waals surface area (Å²) >= 11 is 0. The molecule has 0 saturated carbocycles. The summed E-state index contributed by atoms with van der Waals surface area (Å²) in [6.45, 7) is 2.90. The third-order valence-corrected chi connectivity index (χ3v) is 7.05. The molecule has 0 amide bonds. The van der Waals surface area contributed by atoms with Crippen LogP contribution in [-0.4, -0.2) is 45.2 Å². The molecule has 2 aromatic rings. The Labute approximate surface area is 202 Å². The number of piperidine rings is 1. The van der Waals surface area contributed by atoms with E-state index in [-0.39, 0.29) is 6.42 Å². The lowest BCUT2D eigenvalue weighted by Crippen LogP contribution is -2.41. The van der Waals surface area contributed by atoms with Gasteiger partial charge in [-0.15, -0.1) is 0 Å². The molecule has 0 radical (unpaired) electrons. The lowest BCUT2D eigenvalue weighted by molar-refractivity contribution is -0.138. The number of nitrogens with one attached hydrogen (secondary N) is 2. The van der Waals surface area contributed by atoms with Crippen molar-refractivity contribution in [2.75, 3.05) is 19.7 Å². The molecule has 1 saturated heterocycles. The standard InChI is InChI=1S/C26H34N2O5S/c29-26(30)25(28-34(31,32)19-15-21-6-2-1-3-7-21)20-23-9-11-24(12-10-23)33-18-5-4-8-22-13-16-27-17-14-22/h1-3,6-7,9-12,15,19,22,25,27-28H,4-5,8,13-14,16-18,20H2,(H,29,30)/b19-15+/t25-/m0/s1. The number of carboxylic acids is 1. The van der Waals surface area contributed by atoms with Crippen LogP contribution in [0.3, 0.4) is 0 Å². The molecule has 1 aliphatic heterocycles. The van der Waals surface area contributed by atoms with Gasteiger partial charge in [0, 0.05) is 5.41 Å². The number of hydrogen-bond acceptors (Lipinski definition) is 5. The number of carboxylic acid groups (broad SMARTS) is 1. The highest BCUT2D eigenvalue weighted by molar-refractivity contribution is 7.92. The Bertz CT molecular complexity index is 1020. The lowest BCUT2D eigenvalue weighted by Gasteiger charge is -2.22. The van der Waals surface area contributed by atoms with Crippen molar-refractivity contribution in [3.63, 3.8) is 0 Å². The van der Waals surface area contributed by atoms with E-state index in [1.54, 1.807) is 48.5 Å². The van der Waals surface area contributed by atoms with Gasteiger partial charge in [0.1, 0.15) is 11.8 Å². The highest BCUT2D eigenvalue weighted by Crippen LogP contribution is 2.19. The molecule has 34 heavy (non-hydrogen) atoms. The predicted octanol–water partition coefficient (Wildman–Crippen LogP) is 3.82. The number of rotatable bonds is 13. The van der Waals surface area contributed by atoms with E-state index in [1.165, 1.54) is 25.3 Å². The first kappa shape index (κ1) is 25.9. The minimum absolute atomic E-state index is 0.0320. The van der Waals surface area contributed by atoms with Crippen LogP contribution in [0.15, 0.2) is 60.0 Å². The van der Waals surface area contributed by atoms with Crippen LogP contribution in [0.2, 0.25) is 0 Å². The van der Waals surface area contributed by atoms with E-state index < -0.39 is 22.0 Å². The maximum absolute atomic E-state index is 12.4. The molecule has 0 aliphatic carbocycles. The third-order valence-electron chi connectivity index (χ3n) is 5.94. The molecule has 0 spiro atoms. The number of sulfonamides is 1. The van der Waals surface area contributed by atoms with Crippen molar-refractivity contribution in [1.82, 2.24) is 10.0 Å². The van der Waals surface area contributed by atoms with Gasteiger partial charge >= 0.3 is 5.97 Å². The van der Waals surface area contributed by atoms with E-state index in [2.05, 4.69) is 10.0 Å². The smallest absolute Gasteiger partial charge is 0.322 e. The summed E-state index contributed by atoms with van der Waals surface area (Å²) in [5, 5.41) is 13.9. The minimum atomic E-state index is -3.92. The van der Waals surface area contributed by atoms with Crippen molar-refractivity contribution in [1.29, 1.82) is 0 Å². The number of hydrogen-bond donors (Lipinski definition) is 3. The number of aliphatic carboxylic acids is 1. The van der Waals surface area contributed by atoms with Crippen molar-refractivity contribution in [2.45, 2.75) is 44.6 Å². The van der Waals surface area contributed by atoms with Crippen molar-refractivity contribution >= 4 is 22.1 Å². The summed E-state index contributed by atoms with van der Waals surface area (Å²) in [6.07, 6.45) is 7.40. The largest absolute Gasteiger partial charge is 0.494 e. The highest BCUT2D eigenvalue weighted by Gasteiger charge is 2.23. The molecule has 7 nitrogen and oxygen atoms in total. The molecular formula is C26H34N2O5S. The average Bonchev–Trinajstić information content (AvgIpc) is 2.84. The summed E-state index contributed by atoms with van der Waals surface area (Å²) in [7, 11) is -3.92. The Kier molecular flexibility index (Phi) is 10.1. The van der Waals surface area contributed by atoms with Gasteiger partial charge in [0.05, 0.1) is 6.61 Å². The van der Waals surface area contributed by atoms with Gasteiger partial charge in [-0.05, 0) is 80.4 Å². The normalized spacial score (nSPS) is 15.9. The van der Waals surface area contributed by atoms with Gasteiger partial charge in [0.15, 0.2) is 0 Å². The van der Waals surface area contributed by atoms with Crippen LogP contribution in [-0.2, 0) is 21.2 Å². The summed E-state index contributed by atoms with van der Waals surface area (Å²) in [4.78, 5) is 11.7. The fraction of sp³-hybridized carbons (Fsp3) is 0.423. The lowest BCUT2D eigenvalue weighted by atomic mass is 9.93. The Morgan fingerprint density at radius 3 is 2.47 bits per heavy atom. The monoisotopic (exact) mass is 486 g/mol. The first-order valence-electron chi connectivity index (χ1n) is 11.8. The van der Waals surface area contributed by atoms with Crippen molar-refractivity contribution in [3.05, 3.63) is 71.1 Å². The van der Waals surface area contributed by atoms with Crippen LogP contribution in [0.25, 0.3) is 6.08 Å². The topological polar surface area (TPSA) is 105 Å². The van der Waals surface area contributed by atoms with Gasteiger partial charge in [-0.3, -0.25) is 4.79 Å². The van der Waals surface area contributed by atoms with Gasteiger partial charge < -0.3 is 15.2 Å². The van der Waals surface area contributed by atoms with E-state index >= 15 is 0 Å². The molecular weight excluding hydrogens is 452 g/mol. The van der Waals surface area contributed by atoms with E-state index in [9.17, 15) is 18.3 Å². The molecule has 1 fully saturated rings.